The molecule has 0 aliphatic carbocycles. The van der Waals surface area contributed by atoms with Crippen molar-refractivity contribution in [1.82, 2.24) is 4.98 Å². The van der Waals surface area contributed by atoms with Gasteiger partial charge in [-0.05, 0) is 36.6 Å². The molecule has 0 amide bonds. The van der Waals surface area contributed by atoms with Gasteiger partial charge in [-0.2, -0.15) is 0 Å². The summed E-state index contributed by atoms with van der Waals surface area (Å²) in [5.74, 6) is 0. The number of aromatic nitrogens is 1. The van der Waals surface area contributed by atoms with E-state index in [0.29, 0.717) is 5.13 Å². The molecule has 2 nitrogen and oxygen atoms in total. The third kappa shape index (κ3) is 3.03. The van der Waals surface area contributed by atoms with Gasteiger partial charge in [-0.3, -0.25) is 0 Å². The van der Waals surface area contributed by atoms with Crippen LogP contribution in [0.1, 0.15) is 35.0 Å². The van der Waals surface area contributed by atoms with E-state index in [2.05, 4.69) is 24.9 Å². The lowest BCUT2D eigenvalue weighted by molar-refractivity contribution is 0.879. The Morgan fingerprint density at radius 3 is 2.83 bits per heavy atom. The standard InChI is InChI=1S/C14H17ClN2S/c1-3-4-12-13(18-14(16)17-12)8-10-5-6-11(15)7-9(10)2/h5-7H,3-4,8H2,1-2H3,(H2,16,17). The van der Waals surface area contributed by atoms with Crippen molar-refractivity contribution in [3.05, 3.63) is 44.9 Å². The second-order valence-electron chi connectivity index (χ2n) is 4.42. The summed E-state index contributed by atoms with van der Waals surface area (Å²) in [5.41, 5.74) is 9.47. The minimum absolute atomic E-state index is 0.667. The summed E-state index contributed by atoms with van der Waals surface area (Å²) in [7, 11) is 0. The molecular weight excluding hydrogens is 264 g/mol. The van der Waals surface area contributed by atoms with E-state index in [1.165, 1.54) is 16.0 Å². The zero-order chi connectivity index (χ0) is 13.1. The summed E-state index contributed by atoms with van der Waals surface area (Å²) in [6.45, 7) is 4.25. The van der Waals surface area contributed by atoms with E-state index in [4.69, 9.17) is 17.3 Å². The second kappa shape index (κ2) is 5.72. The third-order valence-corrected chi connectivity index (χ3v) is 4.10. The zero-order valence-electron chi connectivity index (χ0n) is 10.7. The van der Waals surface area contributed by atoms with Crippen LogP contribution in [0.25, 0.3) is 0 Å². The Bertz CT molecular complexity index is 549. The predicted molar refractivity (Wildman–Crippen MR) is 79.5 cm³/mol. The number of halogens is 1. The van der Waals surface area contributed by atoms with Crippen LogP contribution in [-0.2, 0) is 12.8 Å². The number of benzene rings is 1. The van der Waals surface area contributed by atoms with Gasteiger partial charge in [0.2, 0.25) is 0 Å². The fourth-order valence-electron chi connectivity index (χ4n) is 2.00. The van der Waals surface area contributed by atoms with Gasteiger partial charge < -0.3 is 5.73 Å². The molecule has 0 atom stereocenters. The zero-order valence-corrected chi connectivity index (χ0v) is 12.2. The van der Waals surface area contributed by atoms with Gasteiger partial charge in [0.1, 0.15) is 0 Å². The average Bonchev–Trinajstić information content (AvgIpc) is 2.64. The number of thiazole rings is 1. The molecule has 0 bridgehead atoms. The lowest BCUT2D eigenvalue weighted by atomic mass is 10.0. The molecule has 0 aliphatic heterocycles. The molecule has 2 aromatic rings. The molecule has 96 valence electrons. The van der Waals surface area contributed by atoms with E-state index in [1.54, 1.807) is 11.3 Å². The molecule has 18 heavy (non-hydrogen) atoms. The topological polar surface area (TPSA) is 38.9 Å². The molecule has 0 aliphatic rings. The SMILES string of the molecule is CCCc1nc(N)sc1Cc1ccc(Cl)cc1C. The lowest BCUT2D eigenvalue weighted by Gasteiger charge is -2.06. The summed E-state index contributed by atoms with van der Waals surface area (Å²) in [4.78, 5) is 5.69. The Hall–Kier alpha value is -1.06. The Morgan fingerprint density at radius 1 is 1.39 bits per heavy atom. The highest BCUT2D eigenvalue weighted by atomic mass is 35.5. The normalized spacial score (nSPS) is 10.8. The summed E-state index contributed by atoms with van der Waals surface area (Å²) in [6.07, 6.45) is 2.98. The fraction of sp³-hybridized carbons (Fsp3) is 0.357. The molecule has 2 N–H and O–H groups in total. The van der Waals surface area contributed by atoms with Crippen molar-refractivity contribution >= 4 is 28.1 Å². The maximum atomic E-state index is 5.98. The number of aryl methyl sites for hydroxylation is 2. The molecule has 0 radical (unpaired) electrons. The monoisotopic (exact) mass is 280 g/mol. The largest absolute Gasteiger partial charge is 0.375 e. The van der Waals surface area contributed by atoms with Crippen LogP contribution < -0.4 is 5.73 Å². The third-order valence-electron chi connectivity index (χ3n) is 2.94. The number of nitrogen functional groups attached to an aromatic ring is 1. The minimum atomic E-state index is 0.667. The lowest BCUT2D eigenvalue weighted by Crippen LogP contribution is -1.95. The summed E-state index contributed by atoms with van der Waals surface area (Å²) in [5, 5.41) is 1.45. The first-order chi connectivity index (χ1) is 8.60. The van der Waals surface area contributed by atoms with Crippen molar-refractivity contribution in [2.45, 2.75) is 33.1 Å². The highest BCUT2D eigenvalue weighted by Crippen LogP contribution is 2.26. The molecule has 1 heterocycles. The molecule has 0 fully saturated rings. The Labute approximate surface area is 117 Å². The van der Waals surface area contributed by atoms with Gasteiger partial charge in [-0.15, -0.1) is 11.3 Å². The maximum absolute atomic E-state index is 5.98. The number of hydrogen-bond acceptors (Lipinski definition) is 3. The smallest absolute Gasteiger partial charge is 0.180 e. The van der Waals surface area contributed by atoms with E-state index in [9.17, 15) is 0 Å². The van der Waals surface area contributed by atoms with E-state index >= 15 is 0 Å². The van der Waals surface area contributed by atoms with Crippen molar-refractivity contribution in [2.24, 2.45) is 0 Å². The molecule has 1 aromatic heterocycles. The quantitative estimate of drug-likeness (QED) is 0.910. The molecule has 0 spiro atoms. The summed E-state index contributed by atoms with van der Waals surface area (Å²) >= 11 is 7.57. The Morgan fingerprint density at radius 2 is 2.17 bits per heavy atom. The molecule has 0 unspecified atom stereocenters. The van der Waals surface area contributed by atoms with Crippen LogP contribution >= 0.6 is 22.9 Å². The van der Waals surface area contributed by atoms with Gasteiger partial charge >= 0.3 is 0 Å². The van der Waals surface area contributed by atoms with E-state index in [1.807, 2.05) is 12.1 Å². The number of nitrogens with two attached hydrogens (primary N) is 1. The highest BCUT2D eigenvalue weighted by molar-refractivity contribution is 7.15. The maximum Gasteiger partial charge on any atom is 0.180 e. The van der Waals surface area contributed by atoms with Gasteiger partial charge in [0, 0.05) is 16.3 Å². The van der Waals surface area contributed by atoms with E-state index in [0.717, 1.165) is 30.0 Å². The van der Waals surface area contributed by atoms with Crippen LogP contribution in [-0.4, -0.2) is 4.98 Å². The van der Waals surface area contributed by atoms with Gasteiger partial charge in [0.25, 0.3) is 0 Å². The van der Waals surface area contributed by atoms with Crippen molar-refractivity contribution < 1.29 is 0 Å². The first-order valence-electron chi connectivity index (χ1n) is 6.09. The molecule has 0 saturated heterocycles. The van der Waals surface area contributed by atoms with Gasteiger partial charge in [0.05, 0.1) is 5.69 Å². The van der Waals surface area contributed by atoms with Crippen molar-refractivity contribution in [3.63, 3.8) is 0 Å². The van der Waals surface area contributed by atoms with Crippen LogP contribution in [0.2, 0.25) is 5.02 Å². The Balaban J connectivity index is 2.27. The highest BCUT2D eigenvalue weighted by Gasteiger charge is 2.10. The molecule has 1 aromatic carbocycles. The molecule has 4 heteroatoms. The van der Waals surface area contributed by atoms with Crippen LogP contribution in [0, 0.1) is 6.92 Å². The first-order valence-corrected chi connectivity index (χ1v) is 7.28. The second-order valence-corrected chi connectivity index (χ2v) is 5.97. The van der Waals surface area contributed by atoms with Crippen LogP contribution in [0.3, 0.4) is 0 Å². The summed E-state index contributed by atoms with van der Waals surface area (Å²) in [6, 6.07) is 6.03. The number of anilines is 1. The summed E-state index contributed by atoms with van der Waals surface area (Å²) < 4.78 is 0. The Kier molecular flexibility index (Phi) is 4.25. The number of rotatable bonds is 4. The van der Waals surface area contributed by atoms with Crippen molar-refractivity contribution in [3.8, 4) is 0 Å². The van der Waals surface area contributed by atoms with Crippen LogP contribution in [0.4, 0.5) is 5.13 Å². The molecular formula is C14H17ClN2S. The average molecular weight is 281 g/mol. The van der Waals surface area contributed by atoms with Gasteiger partial charge in [-0.25, -0.2) is 4.98 Å². The van der Waals surface area contributed by atoms with Gasteiger partial charge in [-0.1, -0.05) is 31.0 Å². The van der Waals surface area contributed by atoms with Crippen molar-refractivity contribution in [2.75, 3.05) is 5.73 Å². The van der Waals surface area contributed by atoms with Crippen molar-refractivity contribution in [1.29, 1.82) is 0 Å². The van der Waals surface area contributed by atoms with Crippen LogP contribution in [0.15, 0.2) is 18.2 Å². The minimum Gasteiger partial charge on any atom is -0.375 e. The molecule has 2 rings (SSSR count). The number of nitrogens with zero attached hydrogens (tertiary/aromatic N) is 1. The van der Waals surface area contributed by atoms with Crippen LogP contribution in [0.5, 0.6) is 0 Å². The van der Waals surface area contributed by atoms with E-state index < -0.39 is 0 Å². The molecule has 0 saturated carbocycles. The predicted octanol–water partition coefficient (Wildman–Crippen LogP) is 4.23. The van der Waals surface area contributed by atoms with E-state index in [-0.39, 0.29) is 0 Å². The first kappa shape index (κ1) is 13.4. The van der Waals surface area contributed by atoms with Gasteiger partial charge in [0.15, 0.2) is 5.13 Å². The number of hydrogen-bond donors (Lipinski definition) is 1. The fourth-order valence-corrected chi connectivity index (χ4v) is 3.13.